The Morgan fingerprint density at radius 1 is 0.745 bits per heavy atom. The van der Waals surface area contributed by atoms with Gasteiger partial charge >= 0.3 is 5.97 Å². The SMILES string of the molecule is CC(C)(C)c1ccc(C(=O)Nc2ccc(-c3cccc(CN)c3)cc2C=O)cc1.NC(Cc1ccc(-c2ccccc2)cc1)C(=O)O. The van der Waals surface area contributed by atoms with Gasteiger partial charge in [0.25, 0.3) is 5.91 Å². The molecule has 6 N–H and O–H groups in total. The van der Waals surface area contributed by atoms with E-state index in [0.717, 1.165) is 45.2 Å². The molecular weight excluding hydrogens is 586 g/mol. The Labute approximate surface area is 276 Å². The van der Waals surface area contributed by atoms with Crippen molar-refractivity contribution in [3.8, 4) is 22.3 Å². The molecule has 240 valence electrons. The minimum Gasteiger partial charge on any atom is -0.480 e. The number of carbonyl (C=O) groups is 3. The lowest BCUT2D eigenvalue weighted by atomic mass is 9.86. The highest BCUT2D eigenvalue weighted by molar-refractivity contribution is 6.06. The number of carbonyl (C=O) groups excluding carboxylic acids is 2. The minimum atomic E-state index is -0.970. The summed E-state index contributed by atoms with van der Waals surface area (Å²) in [5.74, 6) is -1.21. The number of rotatable bonds is 9. The van der Waals surface area contributed by atoms with Crippen molar-refractivity contribution in [1.82, 2.24) is 0 Å². The number of aldehydes is 1. The van der Waals surface area contributed by atoms with Crippen LogP contribution in [0.2, 0.25) is 0 Å². The Kier molecular flexibility index (Phi) is 11.6. The standard InChI is InChI=1S/C25H26N2O2.C15H15NO2/c1-25(2,3)22-10-7-18(8-11-22)24(29)27-23-12-9-20(14-21(23)16-28)19-6-4-5-17(13-19)15-26;16-14(15(17)18)10-11-6-8-13(9-7-11)12-4-2-1-3-5-12/h4-14,16H,15,26H2,1-3H3,(H,27,29);1-9,14H,10,16H2,(H,17,18). The molecule has 7 heteroatoms. The van der Waals surface area contributed by atoms with Crippen LogP contribution < -0.4 is 16.8 Å². The highest BCUT2D eigenvalue weighted by Gasteiger charge is 2.16. The summed E-state index contributed by atoms with van der Waals surface area (Å²) in [7, 11) is 0. The number of hydrogen-bond donors (Lipinski definition) is 4. The number of nitrogens with one attached hydrogen (secondary N) is 1. The van der Waals surface area contributed by atoms with Crippen LogP contribution in [0.4, 0.5) is 5.69 Å². The smallest absolute Gasteiger partial charge is 0.320 e. The third-order valence-electron chi connectivity index (χ3n) is 7.77. The van der Waals surface area contributed by atoms with Gasteiger partial charge in [-0.3, -0.25) is 14.4 Å². The van der Waals surface area contributed by atoms with Gasteiger partial charge in [-0.1, -0.05) is 112 Å². The summed E-state index contributed by atoms with van der Waals surface area (Å²) in [5, 5.41) is 11.6. The van der Waals surface area contributed by atoms with Gasteiger partial charge in [-0.2, -0.15) is 0 Å². The van der Waals surface area contributed by atoms with Crippen LogP contribution in [0, 0.1) is 0 Å². The van der Waals surface area contributed by atoms with E-state index in [1.165, 1.54) is 0 Å². The first-order chi connectivity index (χ1) is 22.5. The minimum absolute atomic E-state index is 0.0245. The lowest BCUT2D eigenvalue weighted by Gasteiger charge is -2.19. The lowest BCUT2D eigenvalue weighted by molar-refractivity contribution is -0.138. The number of anilines is 1. The molecule has 7 nitrogen and oxygen atoms in total. The molecule has 0 bridgehead atoms. The van der Waals surface area contributed by atoms with E-state index in [9.17, 15) is 14.4 Å². The second-order valence-electron chi connectivity index (χ2n) is 12.3. The van der Waals surface area contributed by atoms with Crippen molar-refractivity contribution < 1.29 is 19.5 Å². The third-order valence-corrected chi connectivity index (χ3v) is 7.77. The Morgan fingerprint density at radius 3 is 1.94 bits per heavy atom. The van der Waals surface area contributed by atoms with Gasteiger partial charge in [0.05, 0.1) is 5.69 Å². The molecule has 0 fully saturated rings. The second-order valence-corrected chi connectivity index (χ2v) is 12.3. The summed E-state index contributed by atoms with van der Waals surface area (Å²) >= 11 is 0. The Balaban J connectivity index is 0.000000238. The van der Waals surface area contributed by atoms with Crippen LogP contribution >= 0.6 is 0 Å². The van der Waals surface area contributed by atoms with E-state index >= 15 is 0 Å². The molecule has 0 spiro atoms. The Morgan fingerprint density at radius 2 is 1.34 bits per heavy atom. The van der Waals surface area contributed by atoms with Crippen molar-refractivity contribution in [2.75, 3.05) is 5.32 Å². The molecule has 1 atom stereocenters. The molecule has 1 unspecified atom stereocenters. The zero-order valence-corrected chi connectivity index (χ0v) is 26.9. The molecule has 0 saturated heterocycles. The first-order valence-electron chi connectivity index (χ1n) is 15.4. The van der Waals surface area contributed by atoms with Crippen molar-refractivity contribution in [1.29, 1.82) is 0 Å². The van der Waals surface area contributed by atoms with Gasteiger partial charge in [0.2, 0.25) is 0 Å². The number of aliphatic carboxylic acids is 1. The maximum Gasteiger partial charge on any atom is 0.320 e. The highest BCUT2D eigenvalue weighted by Crippen LogP contribution is 2.27. The molecular formula is C40H41N3O4. The topological polar surface area (TPSA) is 136 Å². The molecule has 0 radical (unpaired) electrons. The van der Waals surface area contributed by atoms with Crippen molar-refractivity contribution >= 4 is 23.9 Å². The van der Waals surface area contributed by atoms with Gasteiger partial charge in [0.15, 0.2) is 6.29 Å². The van der Waals surface area contributed by atoms with Gasteiger partial charge in [-0.15, -0.1) is 0 Å². The van der Waals surface area contributed by atoms with Gasteiger partial charge < -0.3 is 21.9 Å². The number of benzene rings is 5. The largest absolute Gasteiger partial charge is 0.480 e. The first-order valence-corrected chi connectivity index (χ1v) is 15.4. The summed E-state index contributed by atoms with van der Waals surface area (Å²) in [5.41, 5.74) is 20.0. The third kappa shape index (κ3) is 9.56. The predicted molar refractivity (Wildman–Crippen MR) is 189 cm³/mol. The maximum absolute atomic E-state index is 12.6. The van der Waals surface area contributed by atoms with E-state index in [-0.39, 0.29) is 11.3 Å². The van der Waals surface area contributed by atoms with Gasteiger partial charge in [0.1, 0.15) is 6.04 Å². The van der Waals surface area contributed by atoms with Crippen LogP contribution in [0.1, 0.15) is 58.2 Å². The van der Waals surface area contributed by atoms with E-state index in [4.69, 9.17) is 16.6 Å². The van der Waals surface area contributed by atoms with Gasteiger partial charge in [-0.05, 0) is 81.1 Å². The molecule has 0 aliphatic rings. The number of amides is 1. The van der Waals surface area contributed by atoms with E-state index < -0.39 is 12.0 Å². The van der Waals surface area contributed by atoms with Gasteiger partial charge in [-0.25, -0.2) is 0 Å². The Hall–Kier alpha value is -5.37. The Bertz CT molecular complexity index is 1810. The molecule has 5 rings (SSSR count). The molecule has 5 aromatic carbocycles. The molecule has 5 aromatic rings. The predicted octanol–water partition coefficient (Wildman–Crippen LogP) is 7.48. The lowest BCUT2D eigenvalue weighted by Crippen LogP contribution is -2.32. The monoisotopic (exact) mass is 627 g/mol. The summed E-state index contributed by atoms with van der Waals surface area (Å²) in [6, 6.07) is 37.8. The molecule has 0 aromatic heterocycles. The quantitative estimate of drug-likeness (QED) is 0.125. The number of carboxylic acid groups (broad SMARTS) is 1. The number of hydrogen-bond acceptors (Lipinski definition) is 5. The second kappa shape index (κ2) is 15.8. The zero-order valence-electron chi connectivity index (χ0n) is 26.9. The van der Waals surface area contributed by atoms with Gasteiger partial charge in [0, 0.05) is 17.7 Å². The molecule has 0 aliphatic heterocycles. The van der Waals surface area contributed by atoms with E-state index in [0.29, 0.717) is 29.8 Å². The fraction of sp³-hybridized carbons (Fsp3) is 0.175. The van der Waals surface area contributed by atoms with Crippen LogP contribution in [0.15, 0.2) is 121 Å². The van der Waals surface area contributed by atoms with E-state index in [2.05, 4.69) is 26.1 Å². The molecule has 0 aliphatic carbocycles. The van der Waals surface area contributed by atoms with E-state index in [1.807, 2.05) is 109 Å². The zero-order chi connectivity index (χ0) is 34.0. The fourth-order valence-corrected chi connectivity index (χ4v) is 4.95. The summed E-state index contributed by atoms with van der Waals surface area (Å²) in [6.45, 7) is 6.84. The average molecular weight is 628 g/mol. The van der Waals surface area contributed by atoms with Crippen LogP contribution in [0.25, 0.3) is 22.3 Å². The molecule has 0 saturated carbocycles. The molecule has 1 amide bonds. The highest BCUT2D eigenvalue weighted by atomic mass is 16.4. The fourth-order valence-electron chi connectivity index (χ4n) is 4.95. The maximum atomic E-state index is 12.6. The van der Waals surface area contributed by atoms with Crippen LogP contribution in [0.3, 0.4) is 0 Å². The summed E-state index contributed by atoms with van der Waals surface area (Å²) in [4.78, 5) is 34.9. The van der Waals surface area contributed by atoms with Crippen LogP contribution in [-0.4, -0.2) is 29.3 Å². The number of nitrogens with two attached hydrogens (primary N) is 2. The van der Waals surface area contributed by atoms with E-state index in [1.54, 1.807) is 12.1 Å². The van der Waals surface area contributed by atoms with Crippen molar-refractivity contribution in [3.63, 3.8) is 0 Å². The summed E-state index contributed by atoms with van der Waals surface area (Å²) < 4.78 is 0. The summed E-state index contributed by atoms with van der Waals surface area (Å²) in [6.07, 6.45) is 1.11. The number of carboxylic acids is 1. The van der Waals surface area contributed by atoms with Crippen molar-refractivity contribution in [2.24, 2.45) is 11.5 Å². The molecule has 0 heterocycles. The first kappa shape index (κ1) is 34.5. The van der Waals surface area contributed by atoms with Crippen molar-refractivity contribution in [3.05, 3.63) is 149 Å². The normalized spacial score (nSPS) is 11.5. The van der Waals surface area contributed by atoms with Crippen molar-refractivity contribution in [2.45, 2.75) is 45.2 Å². The van der Waals surface area contributed by atoms with Crippen LogP contribution in [0.5, 0.6) is 0 Å². The van der Waals surface area contributed by atoms with Crippen LogP contribution in [-0.2, 0) is 23.2 Å². The average Bonchev–Trinajstić information content (AvgIpc) is 3.09. The molecule has 47 heavy (non-hydrogen) atoms.